The lowest BCUT2D eigenvalue weighted by Gasteiger charge is -2.44. The Morgan fingerprint density at radius 2 is 1.58 bits per heavy atom. The van der Waals surface area contributed by atoms with Crippen LogP contribution in [0.4, 0.5) is 0 Å². The molecule has 1 aromatic rings. The number of benzene rings is 1. The molecular weight excluding hydrogens is 234 g/mol. The molecule has 0 aromatic heterocycles. The Labute approximate surface area is 116 Å². The van der Waals surface area contributed by atoms with E-state index in [9.17, 15) is 0 Å². The van der Waals surface area contributed by atoms with Crippen molar-refractivity contribution in [2.75, 3.05) is 13.2 Å². The third kappa shape index (κ3) is 2.85. The molecule has 1 saturated carbocycles. The average Bonchev–Trinajstić information content (AvgIpc) is 2.50. The Bertz CT molecular complexity index is 389. The minimum Gasteiger partial charge on any atom is -0.381 e. The number of rotatable bonds is 2. The molecule has 1 heterocycles. The summed E-state index contributed by atoms with van der Waals surface area (Å²) in [5.41, 5.74) is 8.29. The van der Waals surface area contributed by atoms with Crippen molar-refractivity contribution in [3.8, 4) is 0 Å². The maximum atomic E-state index is 6.72. The van der Waals surface area contributed by atoms with Gasteiger partial charge in [0.05, 0.1) is 0 Å². The van der Waals surface area contributed by atoms with Crippen LogP contribution in [0.1, 0.15) is 50.0 Å². The monoisotopic (exact) mass is 259 g/mol. The van der Waals surface area contributed by atoms with Crippen LogP contribution in [0.3, 0.4) is 0 Å². The van der Waals surface area contributed by atoms with Crippen molar-refractivity contribution in [3.63, 3.8) is 0 Å². The largest absolute Gasteiger partial charge is 0.381 e. The van der Waals surface area contributed by atoms with Crippen molar-refractivity contribution < 1.29 is 4.74 Å². The van der Waals surface area contributed by atoms with Crippen LogP contribution in [0, 0.1) is 5.92 Å². The van der Waals surface area contributed by atoms with Crippen LogP contribution in [0.5, 0.6) is 0 Å². The van der Waals surface area contributed by atoms with Gasteiger partial charge < -0.3 is 10.5 Å². The predicted molar refractivity (Wildman–Crippen MR) is 78.1 cm³/mol. The van der Waals surface area contributed by atoms with E-state index in [2.05, 4.69) is 30.3 Å². The van der Waals surface area contributed by atoms with Gasteiger partial charge in [-0.1, -0.05) is 30.3 Å². The summed E-state index contributed by atoms with van der Waals surface area (Å²) >= 11 is 0. The zero-order valence-electron chi connectivity index (χ0n) is 11.7. The molecule has 3 rings (SSSR count). The summed E-state index contributed by atoms with van der Waals surface area (Å²) in [5, 5.41) is 0. The van der Waals surface area contributed by atoms with Gasteiger partial charge in [0, 0.05) is 18.8 Å². The molecule has 1 aliphatic carbocycles. The van der Waals surface area contributed by atoms with Gasteiger partial charge >= 0.3 is 0 Å². The van der Waals surface area contributed by atoms with Crippen LogP contribution < -0.4 is 5.73 Å². The molecule has 0 spiro atoms. The molecule has 2 aliphatic rings. The van der Waals surface area contributed by atoms with Gasteiger partial charge in [0.25, 0.3) is 0 Å². The first kappa shape index (κ1) is 13.1. The van der Waals surface area contributed by atoms with Gasteiger partial charge in [0.2, 0.25) is 0 Å². The van der Waals surface area contributed by atoms with E-state index in [1.807, 2.05) is 0 Å². The van der Waals surface area contributed by atoms with Crippen LogP contribution in [-0.4, -0.2) is 18.8 Å². The fraction of sp³-hybridized carbons (Fsp3) is 0.647. The average molecular weight is 259 g/mol. The Balaban J connectivity index is 1.62. The molecule has 0 unspecified atom stereocenters. The molecule has 0 amide bonds. The first-order chi connectivity index (χ1) is 9.28. The molecule has 2 nitrogen and oxygen atoms in total. The van der Waals surface area contributed by atoms with Gasteiger partial charge in [-0.05, 0) is 55.9 Å². The van der Waals surface area contributed by atoms with Crippen molar-refractivity contribution in [1.29, 1.82) is 0 Å². The lowest BCUT2D eigenvalue weighted by molar-refractivity contribution is 0.0267. The fourth-order valence-corrected chi connectivity index (χ4v) is 3.89. The molecule has 2 heteroatoms. The van der Waals surface area contributed by atoms with E-state index >= 15 is 0 Å². The Morgan fingerprint density at radius 1 is 0.947 bits per heavy atom. The number of nitrogens with two attached hydrogens (primary N) is 1. The standard InChI is InChI=1S/C17H25NO/c18-17(16-8-12-19-13-9-16)10-6-15(7-11-17)14-4-2-1-3-5-14/h1-5,15-16H,6-13,18H2. The number of hydrogen-bond donors (Lipinski definition) is 1. The molecule has 0 atom stereocenters. The molecule has 1 aliphatic heterocycles. The molecule has 1 saturated heterocycles. The minimum absolute atomic E-state index is 0.0784. The number of hydrogen-bond acceptors (Lipinski definition) is 2. The summed E-state index contributed by atoms with van der Waals surface area (Å²) in [6.07, 6.45) is 7.17. The lowest BCUT2D eigenvalue weighted by Crippen LogP contribution is -2.51. The predicted octanol–water partition coefficient (Wildman–Crippen LogP) is 3.47. The highest BCUT2D eigenvalue weighted by Gasteiger charge is 2.39. The van der Waals surface area contributed by atoms with E-state index in [0.29, 0.717) is 5.92 Å². The van der Waals surface area contributed by atoms with Crippen LogP contribution in [0.25, 0.3) is 0 Å². The van der Waals surface area contributed by atoms with Gasteiger partial charge in [-0.15, -0.1) is 0 Å². The quantitative estimate of drug-likeness (QED) is 0.882. The van der Waals surface area contributed by atoms with Crippen LogP contribution in [0.2, 0.25) is 0 Å². The van der Waals surface area contributed by atoms with Crippen molar-refractivity contribution in [2.45, 2.75) is 50.0 Å². The summed E-state index contributed by atoms with van der Waals surface area (Å²) in [6.45, 7) is 1.82. The van der Waals surface area contributed by atoms with Crippen LogP contribution in [-0.2, 0) is 4.74 Å². The molecule has 0 bridgehead atoms. The second-order valence-electron chi connectivity index (χ2n) is 6.30. The molecule has 2 N–H and O–H groups in total. The van der Waals surface area contributed by atoms with Crippen molar-refractivity contribution in [2.24, 2.45) is 11.7 Å². The second-order valence-corrected chi connectivity index (χ2v) is 6.30. The molecule has 104 valence electrons. The van der Waals surface area contributed by atoms with E-state index < -0.39 is 0 Å². The topological polar surface area (TPSA) is 35.2 Å². The molecule has 2 fully saturated rings. The summed E-state index contributed by atoms with van der Waals surface area (Å²) in [4.78, 5) is 0. The summed E-state index contributed by atoms with van der Waals surface area (Å²) < 4.78 is 5.47. The molecule has 0 radical (unpaired) electrons. The zero-order chi connectivity index (χ0) is 13.1. The Hall–Kier alpha value is -0.860. The van der Waals surface area contributed by atoms with Gasteiger partial charge in [-0.25, -0.2) is 0 Å². The number of ether oxygens (including phenoxy) is 1. The highest BCUT2D eigenvalue weighted by Crippen LogP contribution is 2.42. The van der Waals surface area contributed by atoms with E-state index in [1.54, 1.807) is 0 Å². The van der Waals surface area contributed by atoms with E-state index in [1.165, 1.54) is 31.2 Å². The van der Waals surface area contributed by atoms with Gasteiger partial charge in [-0.3, -0.25) is 0 Å². The summed E-state index contributed by atoms with van der Waals surface area (Å²) in [5.74, 6) is 1.40. The van der Waals surface area contributed by atoms with E-state index in [0.717, 1.165) is 32.0 Å². The molecule has 1 aromatic carbocycles. The smallest absolute Gasteiger partial charge is 0.0469 e. The molecule has 19 heavy (non-hydrogen) atoms. The van der Waals surface area contributed by atoms with Gasteiger partial charge in [-0.2, -0.15) is 0 Å². The first-order valence-electron chi connectivity index (χ1n) is 7.69. The molecular formula is C17H25NO. The third-order valence-corrected chi connectivity index (χ3v) is 5.22. The first-order valence-corrected chi connectivity index (χ1v) is 7.69. The summed E-state index contributed by atoms with van der Waals surface area (Å²) in [6, 6.07) is 10.9. The lowest BCUT2D eigenvalue weighted by atomic mass is 9.67. The van der Waals surface area contributed by atoms with Gasteiger partial charge in [0.1, 0.15) is 0 Å². The van der Waals surface area contributed by atoms with E-state index in [-0.39, 0.29) is 5.54 Å². The fourth-order valence-electron chi connectivity index (χ4n) is 3.89. The zero-order valence-corrected chi connectivity index (χ0v) is 11.7. The third-order valence-electron chi connectivity index (χ3n) is 5.22. The summed E-state index contributed by atoms with van der Waals surface area (Å²) in [7, 11) is 0. The second kappa shape index (κ2) is 5.64. The maximum absolute atomic E-state index is 6.72. The highest BCUT2D eigenvalue weighted by molar-refractivity contribution is 5.20. The maximum Gasteiger partial charge on any atom is 0.0469 e. The van der Waals surface area contributed by atoms with Crippen LogP contribution in [0.15, 0.2) is 30.3 Å². The van der Waals surface area contributed by atoms with Gasteiger partial charge in [0.15, 0.2) is 0 Å². The Morgan fingerprint density at radius 3 is 2.21 bits per heavy atom. The normalized spacial score (nSPS) is 33.2. The van der Waals surface area contributed by atoms with Crippen LogP contribution >= 0.6 is 0 Å². The van der Waals surface area contributed by atoms with Crippen molar-refractivity contribution >= 4 is 0 Å². The SMILES string of the molecule is NC1(C2CCOCC2)CCC(c2ccccc2)CC1. The minimum atomic E-state index is 0.0784. The van der Waals surface area contributed by atoms with E-state index in [4.69, 9.17) is 10.5 Å². The van der Waals surface area contributed by atoms with Crippen molar-refractivity contribution in [3.05, 3.63) is 35.9 Å². The van der Waals surface area contributed by atoms with Crippen molar-refractivity contribution in [1.82, 2.24) is 0 Å². The highest BCUT2D eigenvalue weighted by atomic mass is 16.5. The Kier molecular flexibility index (Phi) is 3.90.